The van der Waals surface area contributed by atoms with Crippen LogP contribution < -0.4 is 5.69 Å². The normalized spacial score (nSPS) is 13.0. The molecular weight excluding hydrogens is 320 g/mol. The molecule has 3 rings (SSSR count). The van der Waals surface area contributed by atoms with Crippen molar-refractivity contribution in [2.75, 3.05) is 0 Å². The van der Waals surface area contributed by atoms with Crippen molar-refractivity contribution in [2.24, 2.45) is 0 Å². The lowest BCUT2D eigenvalue weighted by Crippen LogP contribution is -1.99. The Hall–Kier alpha value is -1.75. The summed E-state index contributed by atoms with van der Waals surface area (Å²) in [7, 11) is 0. The molecule has 0 saturated carbocycles. The Kier molecular flexibility index (Phi) is 3.09. The maximum atomic E-state index is 11.3. The van der Waals surface area contributed by atoms with Crippen LogP contribution in [0.25, 0.3) is 11.0 Å². The summed E-state index contributed by atoms with van der Waals surface area (Å²) in [6.07, 6.45) is 0. The van der Waals surface area contributed by atoms with Gasteiger partial charge in [0.05, 0.1) is 15.9 Å². The quantitative estimate of drug-likeness (QED) is 0.699. The highest BCUT2D eigenvalue weighted by Crippen LogP contribution is 2.37. The number of benzene rings is 1. The highest BCUT2D eigenvalue weighted by atomic mass is 79.9. The van der Waals surface area contributed by atoms with Crippen molar-refractivity contribution in [3.05, 3.63) is 56.9 Å². The maximum absolute atomic E-state index is 11.3. The van der Waals surface area contributed by atoms with E-state index in [1.807, 2.05) is 32.0 Å². The molecule has 0 aliphatic rings. The Labute approximate surface area is 124 Å². The minimum atomic E-state index is -0.185. The molecule has 1 unspecified atom stereocenters. The van der Waals surface area contributed by atoms with Crippen molar-refractivity contribution >= 4 is 27.0 Å². The predicted octanol–water partition coefficient (Wildman–Crippen LogP) is 3.86. The number of aromatic amines is 2. The van der Waals surface area contributed by atoms with Crippen molar-refractivity contribution in [3.63, 3.8) is 0 Å². The molecule has 0 radical (unpaired) electrons. The smallest absolute Gasteiger partial charge is 0.323 e. The van der Waals surface area contributed by atoms with E-state index in [0.717, 1.165) is 39.2 Å². The lowest BCUT2D eigenvalue weighted by atomic mass is 10.0. The second-order valence-electron chi connectivity index (χ2n) is 5.00. The number of fused-ring (bicyclic) bond motifs is 1. The summed E-state index contributed by atoms with van der Waals surface area (Å²) in [4.78, 5) is 16.9. The van der Waals surface area contributed by atoms with Crippen LogP contribution in [-0.4, -0.2) is 9.97 Å². The van der Waals surface area contributed by atoms with E-state index in [1.165, 1.54) is 0 Å². The van der Waals surface area contributed by atoms with Crippen LogP contribution in [0, 0.1) is 20.8 Å². The minimum absolute atomic E-state index is 0.0442. The first-order valence-electron chi connectivity index (χ1n) is 6.40. The molecule has 0 spiro atoms. The average Bonchev–Trinajstić information content (AvgIpc) is 2.87. The van der Waals surface area contributed by atoms with Gasteiger partial charge in [0.1, 0.15) is 11.5 Å². The number of nitrogens with one attached hydrogen (secondary N) is 2. The van der Waals surface area contributed by atoms with Crippen LogP contribution in [0.15, 0.2) is 27.4 Å². The van der Waals surface area contributed by atoms with Gasteiger partial charge in [-0.1, -0.05) is 22.0 Å². The molecular formula is C15H15BrN2O2. The van der Waals surface area contributed by atoms with Crippen LogP contribution in [0.3, 0.4) is 0 Å². The van der Waals surface area contributed by atoms with Crippen LogP contribution in [0.5, 0.6) is 0 Å². The van der Waals surface area contributed by atoms with Crippen LogP contribution in [0.1, 0.15) is 33.0 Å². The van der Waals surface area contributed by atoms with E-state index in [-0.39, 0.29) is 10.5 Å². The molecule has 0 aliphatic heterocycles. The third-order valence-electron chi connectivity index (χ3n) is 3.70. The second-order valence-corrected chi connectivity index (χ2v) is 5.92. The number of imidazole rings is 1. The summed E-state index contributed by atoms with van der Waals surface area (Å²) < 4.78 is 5.69. The largest absolute Gasteiger partial charge is 0.466 e. The fourth-order valence-corrected chi connectivity index (χ4v) is 3.51. The van der Waals surface area contributed by atoms with Crippen LogP contribution in [0.4, 0.5) is 0 Å². The van der Waals surface area contributed by atoms with Gasteiger partial charge < -0.3 is 14.4 Å². The number of H-pyrrole nitrogens is 2. The van der Waals surface area contributed by atoms with Crippen LogP contribution in [-0.2, 0) is 0 Å². The van der Waals surface area contributed by atoms with Crippen molar-refractivity contribution < 1.29 is 4.42 Å². The summed E-state index contributed by atoms with van der Waals surface area (Å²) in [6.45, 7) is 6.00. The van der Waals surface area contributed by atoms with Crippen LogP contribution >= 0.6 is 15.9 Å². The summed E-state index contributed by atoms with van der Waals surface area (Å²) in [6, 6.07) is 5.90. The number of rotatable bonds is 2. The molecule has 3 aromatic rings. The molecule has 1 aromatic carbocycles. The zero-order valence-electron chi connectivity index (χ0n) is 11.5. The SMILES string of the molecule is Cc1oc(C)c(C(Br)c2ccc3[nH]c(=O)[nH]c3c2)c1C. The third kappa shape index (κ3) is 2.02. The number of hydrogen-bond acceptors (Lipinski definition) is 2. The molecule has 1 atom stereocenters. The Balaban J connectivity index is 2.11. The molecule has 2 aromatic heterocycles. The van der Waals surface area contributed by atoms with Gasteiger partial charge in [0.15, 0.2) is 0 Å². The van der Waals surface area contributed by atoms with E-state index < -0.39 is 0 Å². The molecule has 5 heteroatoms. The van der Waals surface area contributed by atoms with E-state index in [1.54, 1.807) is 0 Å². The molecule has 0 saturated heterocycles. The molecule has 20 heavy (non-hydrogen) atoms. The third-order valence-corrected chi connectivity index (χ3v) is 4.69. The minimum Gasteiger partial charge on any atom is -0.466 e. The summed E-state index contributed by atoms with van der Waals surface area (Å²) in [5.41, 5.74) is 4.84. The number of aromatic nitrogens is 2. The Morgan fingerprint density at radius 2 is 1.80 bits per heavy atom. The topological polar surface area (TPSA) is 61.8 Å². The predicted molar refractivity (Wildman–Crippen MR) is 82.6 cm³/mol. The fourth-order valence-electron chi connectivity index (χ4n) is 2.56. The van der Waals surface area contributed by atoms with Gasteiger partial charge in [-0.2, -0.15) is 0 Å². The molecule has 4 nitrogen and oxygen atoms in total. The first-order chi connectivity index (χ1) is 9.47. The molecule has 0 amide bonds. The Morgan fingerprint density at radius 3 is 2.45 bits per heavy atom. The lowest BCUT2D eigenvalue weighted by molar-refractivity contribution is 0.500. The van der Waals surface area contributed by atoms with E-state index >= 15 is 0 Å². The first-order valence-corrected chi connectivity index (χ1v) is 7.31. The van der Waals surface area contributed by atoms with Crippen molar-refractivity contribution in [1.29, 1.82) is 0 Å². The molecule has 0 aliphatic carbocycles. The van der Waals surface area contributed by atoms with Gasteiger partial charge in [0.25, 0.3) is 0 Å². The summed E-state index contributed by atoms with van der Waals surface area (Å²) >= 11 is 3.74. The molecule has 2 N–H and O–H groups in total. The molecule has 0 fully saturated rings. The molecule has 104 valence electrons. The van der Waals surface area contributed by atoms with Gasteiger partial charge in [0, 0.05) is 5.56 Å². The van der Waals surface area contributed by atoms with Crippen molar-refractivity contribution in [2.45, 2.75) is 25.6 Å². The highest BCUT2D eigenvalue weighted by Gasteiger charge is 2.20. The highest BCUT2D eigenvalue weighted by molar-refractivity contribution is 9.09. The van der Waals surface area contributed by atoms with Crippen molar-refractivity contribution in [3.8, 4) is 0 Å². The fraction of sp³-hybridized carbons (Fsp3) is 0.267. The number of furan rings is 1. The van der Waals surface area contributed by atoms with E-state index in [4.69, 9.17) is 4.42 Å². The first kappa shape index (κ1) is 13.2. The Morgan fingerprint density at radius 1 is 1.10 bits per heavy atom. The van der Waals surface area contributed by atoms with Gasteiger partial charge in [-0.3, -0.25) is 0 Å². The number of halogens is 1. The number of alkyl halides is 1. The summed E-state index contributed by atoms with van der Waals surface area (Å²) in [5.74, 6) is 1.86. The van der Waals surface area contributed by atoms with Gasteiger partial charge >= 0.3 is 5.69 Å². The zero-order valence-corrected chi connectivity index (χ0v) is 13.1. The maximum Gasteiger partial charge on any atom is 0.323 e. The second kappa shape index (κ2) is 4.66. The van der Waals surface area contributed by atoms with Gasteiger partial charge in [-0.25, -0.2) is 4.79 Å². The van der Waals surface area contributed by atoms with Gasteiger partial charge in [-0.15, -0.1) is 0 Å². The summed E-state index contributed by atoms with van der Waals surface area (Å²) in [5, 5.41) is 0. The van der Waals surface area contributed by atoms with Gasteiger partial charge in [-0.05, 0) is 44.0 Å². The zero-order chi connectivity index (χ0) is 14.4. The Bertz CT molecular complexity index is 841. The monoisotopic (exact) mass is 334 g/mol. The standard InChI is InChI=1S/C15H15BrN2O2/c1-7-8(2)20-9(3)13(7)14(16)10-4-5-11-12(6-10)18-15(19)17-11/h4-6,14H,1-3H3,(H2,17,18,19). The number of hydrogen-bond donors (Lipinski definition) is 2. The van der Waals surface area contributed by atoms with Crippen LogP contribution in [0.2, 0.25) is 0 Å². The number of aryl methyl sites for hydroxylation is 2. The van der Waals surface area contributed by atoms with E-state index in [0.29, 0.717) is 0 Å². The van der Waals surface area contributed by atoms with E-state index in [2.05, 4.69) is 32.8 Å². The van der Waals surface area contributed by atoms with Gasteiger partial charge in [0.2, 0.25) is 0 Å². The van der Waals surface area contributed by atoms with E-state index in [9.17, 15) is 4.79 Å². The average molecular weight is 335 g/mol. The molecule has 2 heterocycles. The van der Waals surface area contributed by atoms with Crippen molar-refractivity contribution in [1.82, 2.24) is 9.97 Å². The molecule has 0 bridgehead atoms. The lowest BCUT2D eigenvalue weighted by Gasteiger charge is -2.11.